The molecule has 0 saturated heterocycles. The number of rotatable bonds is 7. The molecule has 0 aliphatic heterocycles. The van der Waals surface area contributed by atoms with E-state index in [2.05, 4.69) is 21.9 Å². The van der Waals surface area contributed by atoms with Crippen LogP contribution in [0.3, 0.4) is 0 Å². The first kappa shape index (κ1) is 18.3. The minimum absolute atomic E-state index is 0.225. The monoisotopic (exact) mass is 372 g/mol. The lowest BCUT2D eigenvalue weighted by Gasteiger charge is -2.20. The molecule has 5 nitrogen and oxygen atoms in total. The molecule has 3 aromatic rings. The van der Waals surface area contributed by atoms with Crippen molar-refractivity contribution in [1.82, 2.24) is 19.7 Å². The number of hydrogen-bond donors (Lipinski definition) is 1. The van der Waals surface area contributed by atoms with Gasteiger partial charge in [0.1, 0.15) is 23.2 Å². The number of H-pyrrole nitrogens is 1. The maximum absolute atomic E-state index is 13.4. The van der Waals surface area contributed by atoms with Crippen molar-refractivity contribution in [1.29, 1.82) is 0 Å². The minimum atomic E-state index is -0.225. The zero-order chi connectivity index (χ0) is 18.5. The van der Waals surface area contributed by atoms with E-state index in [1.165, 1.54) is 6.07 Å². The van der Waals surface area contributed by atoms with Crippen LogP contribution >= 0.6 is 12.2 Å². The van der Waals surface area contributed by atoms with Gasteiger partial charge in [0.05, 0.1) is 6.67 Å². The van der Waals surface area contributed by atoms with Crippen molar-refractivity contribution in [3.05, 3.63) is 69.9 Å². The lowest BCUT2D eigenvalue weighted by atomic mass is 10.2. The third-order valence-electron chi connectivity index (χ3n) is 3.95. The Bertz CT molecular complexity index is 956. The highest BCUT2D eigenvalue weighted by molar-refractivity contribution is 7.71. The first-order valence-electron chi connectivity index (χ1n) is 8.41. The maximum atomic E-state index is 13.4. The standard InChI is InChI=1S/C19H21FN4OS/c1-3-23(12-15-5-4-6-16(20)11-15)13-24-19(26)21-18(22-24)10-9-17-8-7-14(2)25-17/h4-11H,3,12-13H2,1-2H3,(H,21,22,26)/b10-9+. The first-order valence-corrected chi connectivity index (χ1v) is 8.82. The average molecular weight is 372 g/mol. The van der Waals surface area contributed by atoms with Crippen LogP contribution in [0.4, 0.5) is 4.39 Å². The van der Waals surface area contributed by atoms with Gasteiger partial charge in [-0.1, -0.05) is 19.1 Å². The number of aromatic amines is 1. The van der Waals surface area contributed by atoms with Gasteiger partial charge in [-0.15, -0.1) is 0 Å². The number of hydrogen-bond acceptors (Lipinski definition) is 4. The molecular weight excluding hydrogens is 351 g/mol. The molecular formula is C19H21FN4OS. The maximum Gasteiger partial charge on any atom is 0.217 e. The van der Waals surface area contributed by atoms with Crippen LogP contribution in [0, 0.1) is 17.5 Å². The average Bonchev–Trinajstić information content (AvgIpc) is 3.18. The Morgan fingerprint density at radius 3 is 2.85 bits per heavy atom. The van der Waals surface area contributed by atoms with E-state index in [1.54, 1.807) is 16.8 Å². The second-order valence-corrected chi connectivity index (χ2v) is 6.38. The number of furan rings is 1. The molecule has 0 spiro atoms. The summed E-state index contributed by atoms with van der Waals surface area (Å²) >= 11 is 5.34. The summed E-state index contributed by atoms with van der Waals surface area (Å²) in [5.74, 6) is 2.06. The van der Waals surface area contributed by atoms with Crippen LogP contribution in [-0.4, -0.2) is 26.2 Å². The molecule has 0 atom stereocenters. The Labute approximate surface area is 156 Å². The highest BCUT2D eigenvalue weighted by Crippen LogP contribution is 2.11. The van der Waals surface area contributed by atoms with E-state index < -0.39 is 0 Å². The number of aryl methyl sites for hydroxylation is 1. The minimum Gasteiger partial charge on any atom is -0.462 e. The van der Waals surface area contributed by atoms with Gasteiger partial charge in [-0.25, -0.2) is 9.07 Å². The van der Waals surface area contributed by atoms with Crippen LogP contribution in [0.15, 0.2) is 40.8 Å². The van der Waals surface area contributed by atoms with Gasteiger partial charge < -0.3 is 4.42 Å². The van der Waals surface area contributed by atoms with Crippen molar-refractivity contribution in [2.45, 2.75) is 27.1 Å². The van der Waals surface area contributed by atoms with Crippen LogP contribution in [0.5, 0.6) is 0 Å². The lowest BCUT2D eigenvalue weighted by molar-refractivity contribution is 0.207. The van der Waals surface area contributed by atoms with E-state index in [9.17, 15) is 4.39 Å². The van der Waals surface area contributed by atoms with Crippen molar-refractivity contribution < 1.29 is 8.81 Å². The molecule has 7 heteroatoms. The highest BCUT2D eigenvalue weighted by Gasteiger charge is 2.08. The van der Waals surface area contributed by atoms with Crippen LogP contribution < -0.4 is 0 Å². The van der Waals surface area contributed by atoms with Crippen molar-refractivity contribution in [3.63, 3.8) is 0 Å². The fraction of sp³-hybridized carbons (Fsp3) is 0.263. The van der Waals surface area contributed by atoms with Crippen molar-refractivity contribution in [3.8, 4) is 0 Å². The number of benzene rings is 1. The van der Waals surface area contributed by atoms with Crippen molar-refractivity contribution in [2.24, 2.45) is 0 Å². The molecule has 0 unspecified atom stereocenters. The largest absolute Gasteiger partial charge is 0.462 e. The van der Waals surface area contributed by atoms with Crippen LogP contribution in [0.1, 0.15) is 29.8 Å². The molecule has 1 aromatic carbocycles. The summed E-state index contributed by atoms with van der Waals surface area (Å²) in [5, 5.41) is 3.18. The molecule has 0 aliphatic carbocycles. The Hall–Kier alpha value is -2.51. The summed E-state index contributed by atoms with van der Waals surface area (Å²) < 4.78 is 21.1. The van der Waals surface area contributed by atoms with E-state index in [1.807, 2.05) is 37.3 Å². The van der Waals surface area contributed by atoms with Gasteiger partial charge in [0, 0.05) is 6.54 Å². The number of nitrogens with zero attached hydrogens (tertiary/aromatic N) is 3. The summed E-state index contributed by atoms with van der Waals surface area (Å²) in [5.41, 5.74) is 0.922. The Balaban J connectivity index is 1.69. The van der Waals surface area contributed by atoms with Crippen LogP contribution in [0.2, 0.25) is 0 Å². The molecule has 0 bridgehead atoms. The molecule has 0 aliphatic rings. The van der Waals surface area contributed by atoms with Gasteiger partial charge in [0.15, 0.2) is 0 Å². The zero-order valence-electron chi connectivity index (χ0n) is 14.8. The third-order valence-corrected chi connectivity index (χ3v) is 4.26. The topological polar surface area (TPSA) is 50.0 Å². The SMILES string of the molecule is CCN(Cc1cccc(F)c1)Cn1[nH]c(/C=C/c2ccc(C)o2)nc1=S. The molecule has 26 heavy (non-hydrogen) atoms. The molecule has 3 rings (SSSR count). The fourth-order valence-electron chi connectivity index (χ4n) is 2.60. The molecule has 0 amide bonds. The summed E-state index contributed by atoms with van der Waals surface area (Å²) in [6, 6.07) is 10.4. The van der Waals surface area contributed by atoms with Crippen molar-refractivity contribution >= 4 is 24.4 Å². The van der Waals surface area contributed by atoms with E-state index in [0.717, 1.165) is 23.6 Å². The molecule has 0 radical (unpaired) electrons. The molecule has 136 valence electrons. The van der Waals surface area contributed by atoms with Gasteiger partial charge in [-0.3, -0.25) is 10.00 Å². The number of aromatic nitrogens is 3. The number of nitrogens with one attached hydrogen (secondary N) is 1. The molecule has 2 aromatic heterocycles. The lowest BCUT2D eigenvalue weighted by Crippen LogP contribution is -2.26. The van der Waals surface area contributed by atoms with Crippen LogP contribution in [-0.2, 0) is 13.2 Å². The third kappa shape index (κ3) is 4.77. The summed E-state index contributed by atoms with van der Waals surface area (Å²) in [7, 11) is 0. The van der Waals surface area contributed by atoms with E-state index in [0.29, 0.717) is 23.8 Å². The first-order chi connectivity index (χ1) is 12.5. The summed E-state index contributed by atoms with van der Waals surface area (Å²) in [6.07, 6.45) is 3.67. The predicted octanol–water partition coefficient (Wildman–Crippen LogP) is 4.63. The molecule has 2 heterocycles. The fourth-order valence-corrected chi connectivity index (χ4v) is 2.81. The molecule has 0 fully saturated rings. The van der Waals surface area contributed by atoms with Gasteiger partial charge >= 0.3 is 0 Å². The quantitative estimate of drug-likeness (QED) is 0.614. The second kappa shape index (κ2) is 8.25. The van der Waals surface area contributed by atoms with Crippen LogP contribution in [0.25, 0.3) is 12.2 Å². The van der Waals surface area contributed by atoms with Gasteiger partial charge in [0.25, 0.3) is 0 Å². The Morgan fingerprint density at radius 2 is 2.15 bits per heavy atom. The normalized spacial score (nSPS) is 11.7. The zero-order valence-corrected chi connectivity index (χ0v) is 15.6. The molecule has 0 saturated carbocycles. The predicted molar refractivity (Wildman–Crippen MR) is 102 cm³/mol. The van der Waals surface area contributed by atoms with E-state index >= 15 is 0 Å². The summed E-state index contributed by atoms with van der Waals surface area (Å²) in [4.78, 5) is 6.49. The Kier molecular flexibility index (Phi) is 5.80. The van der Waals surface area contributed by atoms with E-state index in [4.69, 9.17) is 16.6 Å². The number of halogens is 1. The van der Waals surface area contributed by atoms with Gasteiger partial charge in [-0.2, -0.15) is 4.98 Å². The van der Waals surface area contributed by atoms with Crippen molar-refractivity contribution in [2.75, 3.05) is 6.54 Å². The molecule has 1 N–H and O–H groups in total. The Morgan fingerprint density at radius 1 is 1.31 bits per heavy atom. The smallest absolute Gasteiger partial charge is 0.217 e. The second-order valence-electron chi connectivity index (χ2n) is 6.02. The van der Waals surface area contributed by atoms with E-state index in [-0.39, 0.29) is 5.82 Å². The highest BCUT2D eigenvalue weighted by atomic mass is 32.1. The van der Waals surface area contributed by atoms with Gasteiger partial charge in [0.2, 0.25) is 4.77 Å². The van der Waals surface area contributed by atoms with Gasteiger partial charge in [-0.05, 0) is 67.7 Å². The summed E-state index contributed by atoms with van der Waals surface area (Å²) in [6.45, 7) is 5.93.